The van der Waals surface area contributed by atoms with Gasteiger partial charge in [-0.25, -0.2) is 9.59 Å². The molecule has 0 fully saturated rings. The molecule has 0 aromatic heterocycles. The Hall–Kier alpha value is -3.63. The number of hydrogen-bond donors (Lipinski definition) is 0. The van der Waals surface area contributed by atoms with E-state index in [1.54, 1.807) is 48.5 Å². The molecule has 0 aliphatic rings. The van der Waals surface area contributed by atoms with Gasteiger partial charge in [0.15, 0.2) is 0 Å². The Morgan fingerprint density at radius 3 is 2.17 bits per heavy atom. The molecule has 0 saturated heterocycles. The minimum absolute atomic E-state index is 0.348. The van der Waals surface area contributed by atoms with Gasteiger partial charge in [-0.05, 0) is 67.8 Å². The van der Waals surface area contributed by atoms with Crippen LogP contribution < -0.4 is 9.47 Å². The Kier molecular flexibility index (Phi) is 9.63. The summed E-state index contributed by atoms with van der Waals surface area (Å²) in [5.41, 5.74) is 0.905. The molecule has 2 rings (SSSR count). The highest BCUT2D eigenvalue weighted by atomic mass is 17.2. The molecule has 0 N–H and O–H groups in total. The quantitative estimate of drug-likeness (QED) is 0.128. The predicted octanol–water partition coefficient (Wildman–Crippen LogP) is 4.38. The molecular formula is C23H23NO6. The summed E-state index contributed by atoms with van der Waals surface area (Å²) in [5.74, 6) is -0.0302. The molecule has 156 valence electrons. The van der Waals surface area contributed by atoms with E-state index in [9.17, 15) is 9.59 Å². The van der Waals surface area contributed by atoms with E-state index in [-0.39, 0.29) is 0 Å². The van der Waals surface area contributed by atoms with Gasteiger partial charge in [-0.2, -0.15) is 10.1 Å². The first-order valence-electron chi connectivity index (χ1n) is 9.53. The molecule has 2 aromatic rings. The fourth-order valence-corrected chi connectivity index (χ4v) is 2.39. The summed E-state index contributed by atoms with van der Waals surface area (Å²) < 4.78 is 10.9. The topological polar surface area (TPSA) is 94.8 Å². The highest BCUT2D eigenvalue weighted by molar-refractivity contribution is 5.91. The lowest BCUT2D eigenvalue weighted by Gasteiger charge is -2.08. The molecule has 0 atom stereocenters. The monoisotopic (exact) mass is 409 g/mol. The van der Waals surface area contributed by atoms with Gasteiger partial charge in [-0.15, -0.1) is 0 Å². The summed E-state index contributed by atoms with van der Waals surface area (Å²) in [6.07, 6.45) is 4.57. The maximum atomic E-state index is 12.2. The van der Waals surface area contributed by atoms with Crippen LogP contribution in [-0.2, 0) is 14.6 Å². The molecule has 0 radical (unpaired) electrons. The molecule has 2 aromatic carbocycles. The van der Waals surface area contributed by atoms with E-state index in [1.807, 2.05) is 6.07 Å². The fourth-order valence-electron chi connectivity index (χ4n) is 2.39. The van der Waals surface area contributed by atoms with Crippen molar-refractivity contribution in [1.29, 1.82) is 5.26 Å². The van der Waals surface area contributed by atoms with Gasteiger partial charge in [0, 0.05) is 6.08 Å². The van der Waals surface area contributed by atoms with Crippen molar-refractivity contribution in [2.75, 3.05) is 13.2 Å². The number of esters is 1. The fraction of sp³-hybridized carbons (Fsp3) is 0.261. The van der Waals surface area contributed by atoms with Crippen molar-refractivity contribution in [3.05, 3.63) is 72.3 Å². The Bertz CT molecular complexity index is 868. The summed E-state index contributed by atoms with van der Waals surface area (Å²) in [5, 5.41) is 8.78. The normalized spacial score (nSPS) is 9.97. The molecule has 0 aliphatic heterocycles. The van der Waals surface area contributed by atoms with Crippen LogP contribution in [-0.4, -0.2) is 25.2 Å². The number of ether oxygens (including phenoxy) is 2. The van der Waals surface area contributed by atoms with Crippen LogP contribution in [0.1, 0.15) is 41.6 Å². The van der Waals surface area contributed by atoms with Crippen LogP contribution in [0.15, 0.2) is 61.2 Å². The molecule has 30 heavy (non-hydrogen) atoms. The Labute approximate surface area is 175 Å². The first-order valence-corrected chi connectivity index (χ1v) is 9.53. The summed E-state index contributed by atoms with van der Waals surface area (Å²) in [6, 6.07) is 15.1. The predicted molar refractivity (Wildman–Crippen MR) is 109 cm³/mol. The van der Waals surface area contributed by atoms with Crippen molar-refractivity contribution in [1.82, 2.24) is 0 Å². The second-order valence-electron chi connectivity index (χ2n) is 6.24. The zero-order valence-electron chi connectivity index (χ0n) is 16.5. The third kappa shape index (κ3) is 8.17. The zero-order valence-corrected chi connectivity index (χ0v) is 16.5. The number of carbonyl (C=O) groups excluding carboxylic acids is 2. The summed E-state index contributed by atoms with van der Waals surface area (Å²) in [6.45, 7) is 4.17. The van der Waals surface area contributed by atoms with Gasteiger partial charge in [0.25, 0.3) is 0 Å². The molecule has 0 heterocycles. The molecule has 7 nitrogen and oxygen atoms in total. The van der Waals surface area contributed by atoms with Crippen molar-refractivity contribution in [2.24, 2.45) is 0 Å². The largest absolute Gasteiger partial charge is 0.494 e. The number of hydrogen-bond acceptors (Lipinski definition) is 7. The van der Waals surface area contributed by atoms with Crippen LogP contribution in [0.25, 0.3) is 0 Å². The van der Waals surface area contributed by atoms with E-state index in [0.29, 0.717) is 35.8 Å². The molecule has 0 bridgehead atoms. The second-order valence-corrected chi connectivity index (χ2v) is 6.24. The van der Waals surface area contributed by atoms with Crippen LogP contribution in [0.5, 0.6) is 11.5 Å². The molecule has 0 aliphatic carbocycles. The minimum Gasteiger partial charge on any atom is -0.494 e. The highest BCUT2D eigenvalue weighted by Crippen LogP contribution is 2.17. The van der Waals surface area contributed by atoms with Crippen LogP contribution in [0.2, 0.25) is 0 Å². The number of unbranched alkanes of at least 4 members (excludes halogenated alkanes) is 3. The number of nitrogens with zero attached hydrogens (tertiary/aromatic N) is 1. The lowest BCUT2D eigenvalue weighted by atomic mass is 10.2. The van der Waals surface area contributed by atoms with Crippen molar-refractivity contribution in [3.8, 4) is 17.6 Å². The van der Waals surface area contributed by atoms with Crippen molar-refractivity contribution >= 4 is 11.9 Å². The Balaban J connectivity index is 1.62. The lowest BCUT2D eigenvalue weighted by molar-refractivity contribution is -0.267. The van der Waals surface area contributed by atoms with Crippen molar-refractivity contribution in [3.63, 3.8) is 0 Å². The Morgan fingerprint density at radius 2 is 1.53 bits per heavy atom. The van der Waals surface area contributed by atoms with Gasteiger partial charge in [-0.3, -0.25) is 4.89 Å². The van der Waals surface area contributed by atoms with Gasteiger partial charge in [0.05, 0.1) is 30.4 Å². The summed E-state index contributed by atoms with van der Waals surface area (Å²) >= 11 is 0. The van der Waals surface area contributed by atoms with Crippen LogP contribution in [0.4, 0.5) is 0 Å². The molecule has 0 saturated carbocycles. The highest BCUT2D eigenvalue weighted by Gasteiger charge is 2.09. The summed E-state index contributed by atoms with van der Waals surface area (Å²) in [7, 11) is 0. The molecular weight excluding hydrogens is 386 g/mol. The number of nitriles is 1. The SMILES string of the molecule is C=CC(=O)OOCCCCCCOc1ccc(C(=O)Oc2ccc(C#N)cc2)cc1. The standard InChI is InChI=1S/C23H23NO6/c1-2-22(25)30-28-16-6-4-3-5-15-27-20-13-9-19(10-14-20)23(26)29-21-11-7-18(17-24)8-12-21/h2,7-14H,1,3-6,15-16H2. The van der Waals surface area contributed by atoms with Gasteiger partial charge in [0.1, 0.15) is 11.5 Å². The Morgan fingerprint density at radius 1 is 0.900 bits per heavy atom. The van der Waals surface area contributed by atoms with Gasteiger partial charge < -0.3 is 9.47 Å². The van der Waals surface area contributed by atoms with Crippen molar-refractivity contribution < 1.29 is 28.8 Å². The van der Waals surface area contributed by atoms with E-state index < -0.39 is 11.9 Å². The third-order valence-corrected chi connectivity index (χ3v) is 3.98. The van der Waals surface area contributed by atoms with Crippen molar-refractivity contribution in [2.45, 2.75) is 25.7 Å². The molecule has 0 spiro atoms. The number of carbonyl (C=O) groups is 2. The maximum absolute atomic E-state index is 12.2. The van der Waals surface area contributed by atoms with Gasteiger partial charge >= 0.3 is 11.9 Å². The third-order valence-electron chi connectivity index (χ3n) is 3.98. The van der Waals surface area contributed by atoms with Crippen LogP contribution in [0.3, 0.4) is 0 Å². The smallest absolute Gasteiger partial charge is 0.365 e. The summed E-state index contributed by atoms with van der Waals surface area (Å²) in [4.78, 5) is 32.1. The van der Waals surface area contributed by atoms with E-state index in [0.717, 1.165) is 31.8 Å². The van der Waals surface area contributed by atoms with E-state index >= 15 is 0 Å². The van der Waals surface area contributed by atoms with E-state index in [1.165, 1.54) is 0 Å². The molecule has 0 unspecified atom stereocenters. The van der Waals surface area contributed by atoms with Crippen LogP contribution in [0, 0.1) is 11.3 Å². The lowest BCUT2D eigenvalue weighted by Crippen LogP contribution is -2.08. The van der Waals surface area contributed by atoms with Gasteiger partial charge in [-0.1, -0.05) is 13.0 Å². The van der Waals surface area contributed by atoms with E-state index in [2.05, 4.69) is 11.5 Å². The zero-order chi connectivity index (χ0) is 21.6. The first-order chi connectivity index (χ1) is 14.6. The average Bonchev–Trinajstić information content (AvgIpc) is 2.78. The minimum atomic E-state index is -0.600. The maximum Gasteiger partial charge on any atom is 0.365 e. The van der Waals surface area contributed by atoms with Crippen LogP contribution >= 0.6 is 0 Å². The average molecular weight is 409 g/mol. The number of benzene rings is 2. The van der Waals surface area contributed by atoms with Gasteiger partial charge in [0.2, 0.25) is 0 Å². The van der Waals surface area contributed by atoms with E-state index in [4.69, 9.17) is 19.6 Å². The second kappa shape index (κ2) is 12.8. The molecule has 0 amide bonds. The first kappa shape index (κ1) is 22.7. The molecule has 7 heteroatoms. The number of rotatable bonds is 12.